The van der Waals surface area contributed by atoms with Crippen LogP contribution in [0.1, 0.15) is 35.6 Å². The van der Waals surface area contributed by atoms with E-state index in [0.29, 0.717) is 35.8 Å². The van der Waals surface area contributed by atoms with Crippen LogP contribution in [-0.4, -0.2) is 24.4 Å². The van der Waals surface area contributed by atoms with Gasteiger partial charge >= 0.3 is 0 Å². The zero-order valence-electron chi connectivity index (χ0n) is 16.5. The third-order valence-electron chi connectivity index (χ3n) is 5.55. The average Bonchev–Trinajstić information content (AvgIpc) is 3.23. The summed E-state index contributed by atoms with van der Waals surface area (Å²) in [5, 5.41) is 9.79. The first-order valence-electron chi connectivity index (χ1n) is 9.61. The molecule has 2 aliphatic rings. The molecule has 29 heavy (non-hydrogen) atoms. The van der Waals surface area contributed by atoms with Crippen molar-refractivity contribution in [1.29, 1.82) is 5.26 Å². The fourth-order valence-corrected chi connectivity index (χ4v) is 4.12. The molecular formula is C22H23N3O4. The molecular weight excluding hydrogens is 370 g/mol. The van der Waals surface area contributed by atoms with Crippen LogP contribution in [0.5, 0.6) is 11.5 Å². The predicted octanol–water partition coefficient (Wildman–Crippen LogP) is 2.56. The first-order valence-corrected chi connectivity index (χ1v) is 9.61. The second-order valence-corrected chi connectivity index (χ2v) is 7.28. The van der Waals surface area contributed by atoms with Gasteiger partial charge in [0.15, 0.2) is 0 Å². The van der Waals surface area contributed by atoms with E-state index in [0.717, 1.165) is 18.5 Å². The Kier molecular flexibility index (Phi) is 5.03. The molecule has 0 aliphatic carbocycles. The third kappa shape index (κ3) is 3.26. The molecule has 2 aliphatic heterocycles. The fraction of sp³-hybridized carbons (Fsp3) is 0.364. The second-order valence-electron chi connectivity index (χ2n) is 7.28. The van der Waals surface area contributed by atoms with Crippen molar-refractivity contribution in [3.8, 4) is 17.6 Å². The normalized spacial score (nSPS) is 20.7. The topological polar surface area (TPSA) is 99.5 Å². The lowest BCUT2D eigenvalue weighted by atomic mass is 9.83. The van der Waals surface area contributed by atoms with Crippen molar-refractivity contribution in [1.82, 2.24) is 4.57 Å². The summed E-state index contributed by atoms with van der Waals surface area (Å²) in [5.41, 5.74) is 7.91. The number of rotatable bonds is 4. The van der Waals surface area contributed by atoms with E-state index in [-0.39, 0.29) is 23.1 Å². The van der Waals surface area contributed by atoms with E-state index in [9.17, 15) is 10.1 Å². The van der Waals surface area contributed by atoms with Gasteiger partial charge in [-0.3, -0.25) is 4.79 Å². The smallest absolute Gasteiger partial charge is 0.258 e. The number of pyridine rings is 1. The molecule has 1 aromatic heterocycles. The average molecular weight is 393 g/mol. The molecule has 150 valence electrons. The molecule has 1 saturated heterocycles. The first kappa shape index (κ1) is 19.1. The summed E-state index contributed by atoms with van der Waals surface area (Å²) < 4.78 is 18.6. The van der Waals surface area contributed by atoms with Crippen LogP contribution in [0.3, 0.4) is 0 Å². The molecule has 7 nitrogen and oxygen atoms in total. The summed E-state index contributed by atoms with van der Waals surface area (Å²) >= 11 is 0. The van der Waals surface area contributed by atoms with Crippen LogP contribution in [0.4, 0.5) is 0 Å². The molecule has 2 aromatic rings. The molecule has 1 fully saturated rings. The Morgan fingerprint density at radius 3 is 2.86 bits per heavy atom. The number of aromatic nitrogens is 1. The maximum atomic E-state index is 13.6. The van der Waals surface area contributed by atoms with E-state index in [1.165, 1.54) is 0 Å². The van der Waals surface area contributed by atoms with Gasteiger partial charge in [0.2, 0.25) is 5.88 Å². The number of fused-ring (bicyclic) bond motifs is 1. The minimum Gasteiger partial charge on any atom is -0.496 e. The van der Waals surface area contributed by atoms with Gasteiger partial charge in [0.1, 0.15) is 23.1 Å². The van der Waals surface area contributed by atoms with Crippen molar-refractivity contribution < 1.29 is 14.2 Å². The summed E-state index contributed by atoms with van der Waals surface area (Å²) in [6, 6.07) is 11.3. The van der Waals surface area contributed by atoms with E-state index in [1.807, 2.05) is 25.1 Å². The maximum absolute atomic E-state index is 13.6. The van der Waals surface area contributed by atoms with Crippen molar-refractivity contribution in [2.45, 2.75) is 38.3 Å². The number of nitrogens with zero attached hydrogens (tertiary/aromatic N) is 2. The monoisotopic (exact) mass is 393 g/mol. The van der Waals surface area contributed by atoms with E-state index in [4.69, 9.17) is 19.9 Å². The summed E-state index contributed by atoms with van der Waals surface area (Å²) in [5.74, 6) is 0.301. The van der Waals surface area contributed by atoms with Crippen LogP contribution < -0.4 is 20.8 Å². The summed E-state index contributed by atoms with van der Waals surface area (Å²) in [4.78, 5) is 13.6. The number of hydrogen-bond donors (Lipinski definition) is 1. The third-order valence-corrected chi connectivity index (χ3v) is 5.55. The Labute approximate surface area is 168 Å². The number of benzene rings is 1. The Morgan fingerprint density at radius 1 is 1.38 bits per heavy atom. The van der Waals surface area contributed by atoms with Gasteiger partial charge in [0, 0.05) is 23.9 Å². The van der Waals surface area contributed by atoms with E-state index in [1.54, 1.807) is 23.8 Å². The van der Waals surface area contributed by atoms with Crippen LogP contribution in [0.2, 0.25) is 0 Å². The number of methoxy groups -OCH3 is 1. The number of ether oxygens (including phenoxy) is 3. The van der Waals surface area contributed by atoms with Crippen molar-refractivity contribution >= 4 is 0 Å². The molecule has 0 spiro atoms. The second kappa shape index (κ2) is 7.64. The summed E-state index contributed by atoms with van der Waals surface area (Å²) in [6.45, 7) is 3.05. The fourth-order valence-electron chi connectivity index (χ4n) is 4.12. The highest BCUT2D eigenvalue weighted by molar-refractivity contribution is 5.58. The Bertz CT molecular complexity index is 1070. The lowest BCUT2D eigenvalue weighted by Crippen LogP contribution is -2.35. The van der Waals surface area contributed by atoms with Crippen LogP contribution in [0, 0.1) is 18.3 Å². The molecule has 4 rings (SSSR count). The maximum Gasteiger partial charge on any atom is 0.258 e. The van der Waals surface area contributed by atoms with Gasteiger partial charge in [-0.2, -0.15) is 5.26 Å². The predicted molar refractivity (Wildman–Crippen MR) is 107 cm³/mol. The van der Waals surface area contributed by atoms with Gasteiger partial charge in [0.05, 0.1) is 31.2 Å². The number of hydrogen-bond acceptors (Lipinski definition) is 6. The summed E-state index contributed by atoms with van der Waals surface area (Å²) in [6.07, 6.45) is 1.93. The van der Waals surface area contributed by atoms with Crippen LogP contribution in [0.25, 0.3) is 0 Å². The van der Waals surface area contributed by atoms with Gasteiger partial charge in [-0.15, -0.1) is 0 Å². The number of nitrogens with two attached hydrogens (primary N) is 1. The standard InChI is InChI=1S/C22H23N3O4/c1-13-10-18-20(22(26)25(13)12-14-6-5-9-28-14)19(16(11-23)21(24)29-18)15-7-3-4-8-17(15)27-2/h3-4,7-8,10,14,19H,5-6,9,12,24H2,1-2H3. The highest BCUT2D eigenvalue weighted by atomic mass is 16.5. The Hall–Kier alpha value is -3.24. The molecule has 2 atom stereocenters. The van der Waals surface area contributed by atoms with E-state index in [2.05, 4.69) is 6.07 Å². The minimum absolute atomic E-state index is 0.00609. The molecule has 3 heterocycles. The number of para-hydroxylation sites is 1. The number of aryl methyl sites for hydroxylation is 1. The van der Waals surface area contributed by atoms with Crippen LogP contribution in [0.15, 0.2) is 46.6 Å². The van der Waals surface area contributed by atoms with E-state index >= 15 is 0 Å². The molecule has 0 radical (unpaired) electrons. The quantitative estimate of drug-likeness (QED) is 0.857. The summed E-state index contributed by atoms with van der Waals surface area (Å²) in [7, 11) is 1.56. The molecule has 7 heteroatoms. The molecule has 2 unspecified atom stereocenters. The van der Waals surface area contributed by atoms with Crippen LogP contribution >= 0.6 is 0 Å². The highest BCUT2D eigenvalue weighted by Gasteiger charge is 2.36. The SMILES string of the molecule is COc1ccccc1C1C(C#N)=C(N)Oc2cc(C)n(CC3CCCO3)c(=O)c21. The molecule has 0 bridgehead atoms. The van der Waals surface area contributed by atoms with Crippen LogP contribution in [-0.2, 0) is 11.3 Å². The highest BCUT2D eigenvalue weighted by Crippen LogP contribution is 2.43. The van der Waals surface area contributed by atoms with Gasteiger partial charge in [-0.1, -0.05) is 18.2 Å². The molecule has 1 aromatic carbocycles. The van der Waals surface area contributed by atoms with Crippen molar-refractivity contribution in [2.75, 3.05) is 13.7 Å². The largest absolute Gasteiger partial charge is 0.496 e. The molecule has 0 amide bonds. The van der Waals surface area contributed by atoms with Crippen molar-refractivity contribution in [3.63, 3.8) is 0 Å². The van der Waals surface area contributed by atoms with E-state index < -0.39 is 5.92 Å². The lowest BCUT2D eigenvalue weighted by molar-refractivity contribution is 0.0954. The zero-order chi connectivity index (χ0) is 20.5. The molecule has 0 saturated carbocycles. The van der Waals surface area contributed by atoms with Gasteiger partial charge in [-0.25, -0.2) is 0 Å². The van der Waals surface area contributed by atoms with Gasteiger partial charge < -0.3 is 24.5 Å². The number of allylic oxidation sites excluding steroid dienone is 1. The Morgan fingerprint density at radius 2 is 2.17 bits per heavy atom. The zero-order valence-corrected chi connectivity index (χ0v) is 16.5. The van der Waals surface area contributed by atoms with Gasteiger partial charge in [0.25, 0.3) is 5.56 Å². The van der Waals surface area contributed by atoms with Crippen molar-refractivity contribution in [3.05, 3.63) is 69.0 Å². The Balaban J connectivity index is 1.92. The van der Waals surface area contributed by atoms with Crippen molar-refractivity contribution in [2.24, 2.45) is 5.73 Å². The minimum atomic E-state index is -0.663. The van der Waals surface area contributed by atoms with Gasteiger partial charge in [-0.05, 0) is 25.8 Å². The number of nitriles is 1. The lowest BCUT2D eigenvalue weighted by Gasteiger charge is -2.28. The first-order chi connectivity index (χ1) is 14.0. The molecule has 2 N–H and O–H groups in total.